The molecule has 1 saturated heterocycles. The van der Waals surface area contributed by atoms with E-state index < -0.39 is 18.1 Å². The van der Waals surface area contributed by atoms with E-state index in [0.29, 0.717) is 26.1 Å². The van der Waals surface area contributed by atoms with E-state index in [1.54, 1.807) is 0 Å². The minimum atomic E-state index is -0.886. The van der Waals surface area contributed by atoms with E-state index in [1.165, 1.54) is 0 Å². The van der Waals surface area contributed by atoms with Gasteiger partial charge in [0.2, 0.25) is 0 Å². The molecule has 1 fully saturated rings. The third-order valence-corrected chi connectivity index (χ3v) is 2.48. The molecule has 0 aliphatic carbocycles. The highest BCUT2D eigenvalue weighted by Gasteiger charge is 2.39. The van der Waals surface area contributed by atoms with Crippen LogP contribution in [0.15, 0.2) is 0 Å². The number of hydrogen-bond acceptors (Lipinski definition) is 2. The lowest BCUT2D eigenvalue weighted by atomic mass is 9.78. The maximum Gasteiger partial charge on any atom is 0.309 e. The number of carboxylic acids is 1. The van der Waals surface area contributed by atoms with Gasteiger partial charge in [-0.15, -0.1) is 0 Å². The van der Waals surface area contributed by atoms with Crippen LogP contribution in [0.5, 0.6) is 0 Å². The molecule has 0 aromatic heterocycles. The number of aliphatic carboxylic acids is 1. The lowest BCUT2D eigenvalue weighted by molar-refractivity contribution is -0.155. The summed E-state index contributed by atoms with van der Waals surface area (Å²) in [7, 11) is 0. The number of alkyl halides is 1. The lowest BCUT2D eigenvalue weighted by Crippen LogP contribution is -2.37. The Kier molecular flexibility index (Phi) is 3.03. The molecule has 0 bridgehead atoms. The van der Waals surface area contributed by atoms with E-state index in [9.17, 15) is 9.18 Å². The van der Waals surface area contributed by atoms with Crippen molar-refractivity contribution in [1.82, 2.24) is 0 Å². The predicted octanol–water partition coefficient (Wildman–Crippen LogP) is 1.23. The molecule has 0 aromatic carbocycles. The summed E-state index contributed by atoms with van der Waals surface area (Å²) in [4.78, 5) is 10.8. The Morgan fingerprint density at radius 2 is 2.08 bits per heavy atom. The number of carboxylic acid groups (broad SMARTS) is 1. The second-order valence-corrected chi connectivity index (χ2v) is 3.14. The van der Waals surface area contributed by atoms with Gasteiger partial charge in [0.1, 0.15) is 0 Å². The number of halogens is 1. The summed E-state index contributed by atoms with van der Waals surface area (Å²) in [6, 6.07) is 0. The Hall–Kier alpha value is -0.640. The molecule has 4 heteroatoms. The Bertz CT molecular complexity index is 158. The van der Waals surface area contributed by atoms with Crippen molar-refractivity contribution in [3.8, 4) is 0 Å². The smallest absolute Gasteiger partial charge is 0.309 e. The molecule has 0 saturated carbocycles. The lowest BCUT2D eigenvalue weighted by Gasteiger charge is -2.32. The van der Waals surface area contributed by atoms with Crippen LogP contribution >= 0.6 is 0 Å². The summed E-state index contributed by atoms with van der Waals surface area (Å²) in [6.45, 7) is 0.310. The first-order valence-electron chi connectivity index (χ1n) is 4.08. The Balaban J connectivity index is 2.63. The molecule has 0 aromatic rings. The summed E-state index contributed by atoms with van der Waals surface area (Å²) < 4.78 is 17.1. The maximum absolute atomic E-state index is 12.1. The first-order chi connectivity index (χ1) is 5.71. The van der Waals surface area contributed by atoms with Gasteiger partial charge in [-0.05, 0) is 19.3 Å². The molecule has 70 valence electrons. The molecule has 1 heterocycles. The average Bonchev–Trinajstić information content (AvgIpc) is 2.06. The maximum atomic E-state index is 12.1. The molecular formula is C8H13FO3. The predicted molar refractivity (Wildman–Crippen MR) is 40.7 cm³/mol. The topological polar surface area (TPSA) is 46.5 Å². The molecule has 0 spiro atoms. The highest BCUT2D eigenvalue weighted by atomic mass is 19.1. The van der Waals surface area contributed by atoms with Crippen molar-refractivity contribution in [1.29, 1.82) is 0 Å². The summed E-state index contributed by atoms with van der Waals surface area (Å²) in [5, 5.41) is 8.90. The Labute approximate surface area is 70.5 Å². The van der Waals surface area contributed by atoms with Gasteiger partial charge >= 0.3 is 5.97 Å². The highest BCUT2D eigenvalue weighted by Crippen LogP contribution is 2.34. The second-order valence-electron chi connectivity index (χ2n) is 3.14. The minimum absolute atomic E-state index is 0.117. The van der Waals surface area contributed by atoms with Gasteiger partial charge in [-0.3, -0.25) is 9.18 Å². The van der Waals surface area contributed by atoms with Crippen molar-refractivity contribution >= 4 is 5.97 Å². The molecule has 0 unspecified atom stereocenters. The van der Waals surface area contributed by atoms with Gasteiger partial charge in [-0.1, -0.05) is 0 Å². The monoisotopic (exact) mass is 176 g/mol. The van der Waals surface area contributed by atoms with Crippen LogP contribution in [-0.2, 0) is 9.53 Å². The fourth-order valence-electron chi connectivity index (χ4n) is 1.51. The van der Waals surface area contributed by atoms with Crippen LogP contribution in [0.25, 0.3) is 0 Å². The Morgan fingerprint density at radius 3 is 2.50 bits per heavy atom. The van der Waals surface area contributed by atoms with Crippen LogP contribution in [0.2, 0.25) is 0 Å². The van der Waals surface area contributed by atoms with E-state index in [1.807, 2.05) is 0 Å². The first-order valence-corrected chi connectivity index (χ1v) is 4.08. The van der Waals surface area contributed by atoms with Crippen molar-refractivity contribution in [2.75, 3.05) is 19.9 Å². The van der Waals surface area contributed by atoms with Crippen LogP contribution in [0.4, 0.5) is 4.39 Å². The average molecular weight is 176 g/mol. The van der Waals surface area contributed by atoms with Crippen LogP contribution in [0.1, 0.15) is 19.3 Å². The molecule has 3 nitrogen and oxygen atoms in total. The summed E-state index contributed by atoms with van der Waals surface area (Å²) in [5.74, 6) is -0.886. The van der Waals surface area contributed by atoms with Gasteiger partial charge in [0.05, 0.1) is 12.1 Å². The Morgan fingerprint density at radius 1 is 1.50 bits per heavy atom. The summed E-state index contributed by atoms with van der Waals surface area (Å²) in [5.41, 5.74) is -0.854. The standard InChI is InChI=1S/C8H13FO3/c9-4-1-8(7(10)11)2-5-12-6-3-8/h1-6H2,(H,10,11). The molecule has 1 aliphatic rings. The number of rotatable bonds is 3. The van der Waals surface area contributed by atoms with Crippen LogP contribution in [-0.4, -0.2) is 31.0 Å². The van der Waals surface area contributed by atoms with Gasteiger partial charge in [-0.2, -0.15) is 0 Å². The van der Waals surface area contributed by atoms with Gasteiger partial charge < -0.3 is 9.84 Å². The molecule has 0 atom stereocenters. The number of carbonyl (C=O) groups is 1. The van der Waals surface area contributed by atoms with Gasteiger partial charge in [0.25, 0.3) is 0 Å². The molecule has 1 rings (SSSR count). The molecule has 12 heavy (non-hydrogen) atoms. The van der Waals surface area contributed by atoms with Crippen molar-refractivity contribution < 1.29 is 19.0 Å². The van der Waals surface area contributed by atoms with E-state index in [0.717, 1.165) is 0 Å². The zero-order valence-electron chi connectivity index (χ0n) is 6.88. The normalized spacial score (nSPS) is 22.1. The SMILES string of the molecule is O=C(O)C1(CCF)CCOCC1. The van der Waals surface area contributed by atoms with E-state index in [4.69, 9.17) is 9.84 Å². The minimum Gasteiger partial charge on any atom is -0.481 e. The fraction of sp³-hybridized carbons (Fsp3) is 0.875. The van der Waals surface area contributed by atoms with Crippen LogP contribution in [0.3, 0.4) is 0 Å². The molecule has 1 N–H and O–H groups in total. The van der Waals surface area contributed by atoms with Crippen molar-refractivity contribution in [2.45, 2.75) is 19.3 Å². The largest absolute Gasteiger partial charge is 0.481 e. The van der Waals surface area contributed by atoms with Gasteiger partial charge in [0, 0.05) is 13.2 Å². The van der Waals surface area contributed by atoms with Crippen molar-refractivity contribution in [2.24, 2.45) is 5.41 Å². The van der Waals surface area contributed by atoms with E-state index >= 15 is 0 Å². The molecule has 0 amide bonds. The second kappa shape index (κ2) is 3.85. The van der Waals surface area contributed by atoms with E-state index in [-0.39, 0.29) is 6.42 Å². The van der Waals surface area contributed by atoms with Crippen LogP contribution < -0.4 is 0 Å². The number of ether oxygens (including phenoxy) is 1. The fourth-order valence-corrected chi connectivity index (χ4v) is 1.51. The zero-order chi connectivity index (χ0) is 9.03. The molecule has 0 radical (unpaired) electrons. The first kappa shape index (κ1) is 9.45. The quantitative estimate of drug-likeness (QED) is 0.703. The highest BCUT2D eigenvalue weighted by molar-refractivity contribution is 5.74. The summed E-state index contributed by atoms with van der Waals surface area (Å²) >= 11 is 0. The van der Waals surface area contributed by atoms with E-state index in [2.05, 4.69) is 0 Å². The third kappa shape index (κ3) is 1.75. The molecule has 1 aliphatic heterocycles. The third-order valence-electron chi connectivity index (χ3n) is 2.48. The number of hydrogen-bond donors (Lipinski definition) is 1. The zero-order valence-corrected chi connectivity index (χ0v) is 6.88. The van der Waals surface area contributed by atoms with Crippen molar-refractivity contribution in [3.63, 3.8) is 0 Å². The summed E-state index contributed by atoms with van der Waals surface area (Å²) in [6.07, 6.45) is 0.990. The van der Waals surface area contributed by atoms with Crippen LogP contribution in [0, 0.1) is 5.41 Å². The van der Waals surface area contributed by atoms with Crippen molar-refractivity contribution in [3.05, 3.63) is 0 Å². The van der Waals surface area contributed by atoms with Gasteiger partial charge in [0.15, 0.2) is 0 Å². The van der Waals surface area contributed by atoms with Gasteiger partial charge in [-0.25, -0.2) is 0 Å². The molecular weight excluding hydrogens is 163 g/mol.